The molecule has 3 aromatic heterocycles. The van der Waals surface area contributed by atoms with Gasteiger partial charge in [-0.1, -0.05) is 0 Å². The van der Waals surface area contributed by atoms with Crippen LogP contribution in [0.15, 0.2) is 30.7 Å². The maximum absolute atomic E-state index is 14.4. The normalized spacial score (nSPS) is 18.4. The number of anilines is 3. The summed E-state index contributed by atoms with van der Waals surface area (Å²) in [6.07, 6.45) is -6.48. The van der Waals surface area contributed by atoms with Crippen molar-refractivity contribution in [3.63, 3.8) is 0 Å². The molecule has 4 rings (SSSR count). The van der Waals surface area contributed by atoms with Gasteiger partial charge in [-0.25, -0.2) is 28.1 Å². The number of amides is 1. The second kappa shape index (κ2) is 11.5. The average molecular weight is 562 g/mol. The fourth-order valence-electron chi connectivity index (χ4n) is 3.69. The van der Waals surface area contributed by atoms with E-state index in [1.807, 2.05) is 0 Å². The van der Waals surface area contributed by atoms with Crippen molar-refractivity contribution in [3.05, 3.63) is 47.7 Å². The van der Waals surface area contributed by atoms with Crippen LogP contribution in [0.25, 0.3) is 0 Å². The monoisotopic (exact) mass is 561 g/mol. The number of pyridine rings is 1. The van der Waals surface area contributed by atoms with E-state index >= 15 is 0 Å². The second-order valence-corrected chi connectivity index (χ2v) is 9.11. The Hall–Kier alpha value is -3.53. The highest BCUT2D eigenvalue weighted by molar-refractivity contribution is 7.10. The number of halogens is 6. The molecule has 1 amide bonds. The number of ether oxygens (including phenoxy) is 1. The molecule has 1 aliphatic heterocycles. The zero-order chi connectivity index (χ0) is 27.4. The van der Waals surface area contributed by atoms with Crippen LogP contribution in [-0.4, -0.2) is 68.5 Å². The van der Waals surface area contributed by atoms with Crippen molar-refractivity contribution in [2.24, 2.45) is 0 Å². The van der Waals surface area contributed by atoms with Crippen LogP contribution in [-0.2, 0) is 6.18 Å². The minimum atomic E-state index is -4.63. The molecule has 0 aliphatic carbocycles. The van der Waals surface area contributed by atoms with Gasteiger partial charge in [-0.3, -0.25) is 9.69 Å². The van der Waals surface area contributed by atoms with Gasteiger partial charge in [-0.15, -0.1) is 0 Å². The highest BCUT2D eigenvalue weighted by atomic mass is 32.1. The molecular formula is C22H21F6N7O2S. The summed E-state index contributed by atoms with van der Waals surface area (Å²) in [5.41, 5.74) is -0.347. The molecule has 16 heteroatoms. The van der Waals surface area contributed by atoms with E-state index in [9.17, 15) is 31.1 Å². The Kier molecular flexibility index (Phi) is 8.30. The molecule has 2 atom stereocenters. The van der Waals surface area contributed by atoms with Gasteiger partial charge in [0.1, 0.15) is 23.1 Å². The first-order valence-electron chi connectivity index (χ1n) is 11.2. The first-order valence-corrected chi connectivity index (χ1v) is 12.0. The van der Waals surface area contributed by atoms with Crippen LogP contribution >= 0.6 is 11.5 Å². The maximum atomic E-state index is 14.4. The number of likely N-dealkylation sites (tertiary alicyclic amines) is 1. The number of aryl methyl sites for hydroxylation is 1. The van der Waals surface area contributed by atoms with E-state index in [0.717, 1.165) is 17.7 Å². The summed E-state index contributed by atoms with van der Waals surface area (Å²) >= 11 is 0.917. The van der Waals surface area contributed by atoms with E-state index in [2.05, 4.69) is 30.0 Å². The van der Waals surface area contributed by atoms with Gasteiger partial charge in [0.05, 0.1) is 42.1 Å². The van der Waals surface area contributed by atoms with Crippen LogP contribution < -0.4 is 15.4 Å². The highest BCUT2D eigenvalue weighted by Gasteiger charge is 2.33. The van der Waals surface area contributed by atoms with Crippen LogP contribution in [0.5, 0.6) is 5.88 Å². The minimum Gasteiger partial charge on any atom is -0.471 e. The molecule has 4 heterocycles. The van der Waals surface area contributed by atoms with E-state index in [0.29, 0.717) is 11.9 Å². The summed E-state index contributed by atoms with van der Waals surface area (Å²) in [7, 11) is 0. The molecule has 0 saturated carbocycles. The fourth-order valence-corrected chi connectivity index (χ4v) is 4.49. The van der Waals surface area contributed by atoms with Gasteiger partial charge < -0.3 is 15.4 Å². The first kappa shape index (κ1) is 27.5. The molecule has 0 aromatic carbocycles. The van der Waals surface area contributed by atoms with Gasteiger partial charge in [0, 0.05) is 25.6 Å². The summed E-state index contributed by atoms with van der Waals surface area (Å²) in [4.78, 5) is 25.3. The van der Waals surface area contributed by atoms with Crippen LogP contribution in [0.1, 0.15) is 28.2 Å². The molecule has 2 N–H and O–H groups in total. The number of hydrogen-bond acceptors (Lipinski definition) is 9. The van der Waals surface area contributed by atoms with Gasteiger partial charge in [-0.2, -0.15) is 17.5 Å². The summed E-state index contributed by atoms with van der Waals surface area (Å²) in [5.74, 6) is -0.469. The molecule has 0 bridgehead atoms. The molecule has 0 unspecified atom stereocenters. The van der Waals surface area contributed by atoms with Crippen molar-refractivity contribution in [1.82, 2.24) is 24.2 Å². The largest absolute Gasteiger partial charge is 0.471 e. The van der Waals surface area contributed by atoms with Crippen molar-refractivity contribution in [3.8, 4) is 5.88 Å². The Morgan fingerprint density at radius 2 is 2.00 bits per heavy atom. The third-order valence-electron chi connectivity index (χ3n) is 5.50. The van der Waals surface area contributed by atoms with Gasteiger partial charge >= 0.3 is 6.18 Å². The van der Waals surface area contributed by atoms with Crippen LogP contribution in [0, 0.1) is 6.92 Å². The number of aromatic nitrogens is 4. The second-order valence-electron chi connectivity index (χ2n) is 8.33. The molecular weight excluding hydrogens is 540 g/mol. The lowest BCUT2D eigenvalue weighted by Crippen LogP contribution is -2.48. The molecule has 38 heavy (non-hydrogen) atoms. The van der Waals surface area contributed by atoms with Crippen molar-refractivity contribution in [2.75, 3.05) is 30.3 Å². The standard InChI is InChI=1S/C22H21F6N7O2S/c1-11-19(21(38-34-11)33-17-8-29-15(7-30-17)22(26,27)28)20(36)32-12-2-3-18(31-6-12)37-14-4-5-35(9-13(14)23)10-16(24)25/h2-3,6-8,13-14,16H,4-5,9-10H2,1H3,(H,30,33)(H,32,36)/t13-,14+/m0/s1. The maximum Gasteiger partial charge on any atom is 0.434 e. The number of carbonyl (C=O) groups excluding carboxylic acids is 1. The zero-order valence-corrected chi connectivity index (χ0v) is 20.5. The number of nitrogens with one attached hydrogen (secondary N) is 2. The smallest absolute Gasteiger partial charge is 0.434 e. The van der Waals surface area contributed by atoms with Gasteiger partial charge in [0.2, 0.25) is 5.88 Å². The zero-order valence-electron chi connectivity index (χ0n) is 19.7. The van der Waals surface area contributed by atoms with Crippen LogP contribution in [0.3, 0.4) is 0 Å². The summed E-state index contributed by atoms with van der Waals surface area (Å²) in [6, 6.07) is 2.92. The van der Waals surface area contributed by atoms with Gasteiger partial charge in [0.15, 0.2) is 5.69 Å². The topological polar surface area (TPSA) is 105 Å². The lowest BCUT2D eigenvalue weighted by atomic mass is 10.1. The fraction of sp³-hybridized carbons (Fsp3) is 0.409. The lowest BCUT2D eigenvalue weighted by molar-refractivity contribution is -0.141. The summed E-state index contributed by atoms with van der Waals surface area (Å²) < 4.78 is 87.2. The van der Waals surface area contributed by atoms with Crippen LogP contribution in [0.2, 0.25) is 0 Å². The Labute approximate surface area is 216 Å². The Morgan fingerprint density at radius 3 is 2.61 bits per heavy atom. The highest BCUT2D eigenvalue weighted by Crippen LogP contribution is 2.30. The Morgan fingerprint density at radius 1 is 1.21 bits per heavy atom. The molecule has 204 valence electrons. The predicted octanol–water partition coefficient (Wildman–Crippen LogP) is 4.71. The van der Waals surface area contributed by atoms with Crippen molar-refractivity contribution >= 4 is 33.9 Å². The average Bonchev–Trinajstić information content (AvgIpc) is 3.21. The molecule has 9 nitrogen and oxygen atoms in total. The van der Waals surface area contributed by atoms with Gasteiger partial charge in [-0.05, 0) is 24.5 Å². The molecule has 3 aromatic rings. The van der Waals surface area contributed by atoms with Crippen molar-refractivity contribution in [1.29, 1.82) is 0 Å². The molecule has 0 spiro atoms. The predicted molar refractivity (Wildman–Crippen MR) is 126 cm³/mol. The number of piperidine rings is 1. The summed E-state index contributed by atoms with van der Waals surface area (Å²) in [5, 5.41) is 5.63. The Bertz CT molecular complexity index is 1240. The minimum absolute atomic E-state index is 0.00919. The van der Waals surface area contributed by atoms with E-state index in [4.69, 9.17) is 4.74 Å². The van der Waals surface area contributed by atoms with E-state index in [1.54, 1.807) is 6.92 Å². The number of nitrogens with zero attached hydrogens (tertiary/aromatic N) is 5. The number of carbonyl (C=O) groups is 1. The molecule has 1 fully saturated rings. The van der Waals surface area contributed by atoms with E-state index in [-0.39, 0.29) is 47.5 Å². The molecule has 1 saturated heterocycles. The van der Waals surface area contributed by atoms with Crippen LogP contribution in [0.4, 0.5) is 42.8 Å². The molecule has 0 radical (unpaired) electrons. The number of rotatable bonds is 8. The lowest BCUT2D eigenvalue weighted by Gasteiger charge is -2.34. The third kappa shape index (κ3) is 6.86. The third-order valence-corrected chi connectivity index (χ3v) is 6.36. The summed E-state index contributed by atoms with van der Waals surface area (Å²) in [6.45, 7) is 1.20. The SMILES string of the molecule is Cc1nsc(Nc2cnc(C(F)(F)F)cn2)c1C(=O)Nc1ccc(O[C@@H]2CCN(CC(F)F)C[C@@H]2F)nc1. The van der Waals surface area contributed by atoms with Gasteiger partial charge in [0.25, 0.3) is 12.3 Å². The first-order chi connectivity index (χ1) is 18.0. The number of alkyl halides is 6. The van der Waals surface area contributed by atoms with E-state index < -0.39 is 43.0 Å². The Balaban J connectivity index is 1.36. The van der Waals surface area contributed by atoms with Crippen molar-refractivity contribution < 1.29 is 35.9 Å². The quantitative estimate of drug-likeness (QED) is 0.381. The van der Waals surface area contributed by atoms with Crippen molar-refractivity contribution in [2.45, 2.75) is 38.2 Å². The number of hydrogen-bond donors (Lipinski definition) is 2. The molecule has 1 aliphatic rings. The van der Waals surface area contributed by atoms with E-state index in [1.165, 1.54) is 23.2 Å².